The summed E-state index contributed by atoms with van der Waals surface area (Å²) in [6.07, 6.45) is 0. The number of rotatable bonds is 4. The zero-order chi connectivity index (χ0) is 13.7. The van der Waals surface area contributed by atoms with Gasteiger partial charge in [-0.05, 0) is 25.1 Å². The van der Waals surface area contributed by atoms with Crippen molar-refractivity contribution in [3.63, 3.8) is 0 Å². The van der Waals surface area contributed by atoms with Crippen molar-refractivity contribution in [3.05, 3.63) is 23.8 Å². The maximum Gasteiger partial charge on any atom is 0.338 e. The molecule has 0 radical (unpaired) electrons. The van der Waals surface area contributed by atoms with E-state index in [4.69, 9.17) is 16.2 Å². The molecule has 0 saturated carbocycles. The van der Waals surface area contributed by atoms with E-state index in [1.165, 1.54) is 23.1 Å². The Labute approximate surface area is 105 Å². The number of nitrogen functional groups attached to an aromatic ring is 2. The topological polar surface area (TPSA) is 98.6 Å². The predicted molar refractivity (Wildman–Crippen MR) is 68.9 cm³/mol. The van der Waals surface area contributed by atoms with Gasteiger partial charge in [0.25, 0.3) is 5.91 Å². The number of ether oxygens (including phenoxy) is 1. The van der Waals surface area contributed by atoms with Crippen LogP contribution in [-0.2, 0) is 9.53 Å². The van der Waals surface area contributed by atoms with Crippen molar-refractivity contribution in [3.8, 4) is 0 Å². The summed E-state index contributed by atoms with van der Waals surface area (Å²) in [5.41, 5.74) is 12.1. The number of nitrogens with zero attached hydrogens (tertiary/aromatic N) is 1. The van der Waals surface area contributed by atoms with Crippen LogP contribution >= 0.6 is 0 Å². The van der Waals surface area contributed by atoms with Crippen LogP contribution in [0.1, 0.15) is 17.3 Å². The Bertz CT molecular complexity index is 440. The van der Waals surface area contributed by atoms with E-state index >= 15 is 0 Å². The second kappa shape index (κ2) is 5.90. The first-order chi connectivity index (χ1) is 8.43. The molecule has 0 fully saturated rings. The van der Waals surface area contributed by atoms with Gasteiger partial charge in [0.2, 0.25) is 0 Å². The van der Waals surface area contributed by atoms with E-state index in [2.05, 4.69) is 0 Å². The van der Waals surface area contributed by atoms with E-state index in [9.17, 15) is 9.59 Å². The Morgan fingerprint density at radius 2 is 1.78 bits per heavy atom. The molecule has 0 bridgehead atoms. The van der Waals surface area contributed by atoms with Gasteiger partial charge in [0.15, 0.2) is 6.61 Å². The minimum Gasteiger partial charge on any atom is -0.452 e. The molecule has 0 aliphatic rings. The van der Waals surface area contributed by atoms with Gasteiger partial charge in [-0.2, -0.15) is 0 Å². The monoisotopic (exact) mass is 251 g/mol. The lowest BCUT2D eigenvalue weighted by molar-refractivity contribution is -0.133. The lowest BCUT2D eigenvalue weighted by Gasteiger charge is -2.14. The summed E-state index contributed by atoms with van der Waals surface area (Å²) >= 11 is 0. The number of carbonyl (C=O) groups excluding carboxylic acids is 2. The van der Waals surface area contributed by atoms with Crippen LogP contribution < -0.4 is 11.5 Å². The first-order valence-corrected chi connectivity index (χ1v) is 5.51. The van der Waals surface area contributed by atoms with Crippen LogP contribution in [0.2, 0.25) is 0 Å². The highest BCUT2D eigenvalue weighted by atomic mass is 16.5. The second-order valence-electron chi connectivity index (χ2n) is 3.87. The van der Waals surface area contributed by atoms with Crippen LogP contribution in [0.4, 0.5) is 11.4 Å². The minimum absolute atomic E-state index is 0.236. The molecule has 98 valence electrons. The fraction of sp³-hybridized carbons (Fsp3) is 0.333. The highest BCUT2D eigenvalue weighted by Gasteiger charge is 2.13. The molecule has 0 heterocycles. The number of amides is 1. The maximum absolute atomic E-state index is 11.7. The SMILES string of the molecule is CCN(C)C(=O)COC(=O)c1cc(N)cc(N)c1. The van der Waals surface area contributed by atoms with Crippen molar-refractivity contribution in [1.82, 2.24) is 4.90 Å². The largest absolute Gasteiger partial charge is 0.452 e. The average Bonchev–Trinajstić information content (AvgIpc) is 2.33. The Morgan fingerprint density at radius 1 is 1.22 bits per heavy atom. The van der Waals surface area contributed by atoms with Crippen LogP contribution in [0.5, 0.6) is 0 Å². The summed E-state index contributed by atoms with van der Waals surface area (Å²) in [7, 11) is 1.63. The van der Waals surface area contributed by atoms with Crippen LogP contribution in [0.15, 0.2) is 18.2 Å². The van der Waals surface area contributed by atoms with Crippen LogP contribution in [0.3, 0.4) is 0 Å². The molecule has 1 amide bonds. The molecule has 6 heteroatoms. The van der Waals surface area contributed by atoms with Gasteiger partial charge in [-0.3, -0.25) is 4.79 Å². The standard InChI is InChI=1S/C12H17N3O3/c1-3-15(2)11(16)7-18-12(17)8-4-9(13)6-10(14)5-8/h4-6H,3,7,13-14H2,1-2H3. The lowest BCUT2D eigenvalue weighted by Crippen LogP contribution is -2.30. The minimum atomic E-state index is -0.619. The third kappa shape index (κ3) is 3.65. The highest BCUT2D eigenvalue weighted by Crippen LogP contribution is 2.14. The Kier molecular flexibility index (Phi) is 4.53. The average molecular weight is 251 g/mol. The molecule has 0 atom stereocenters. The number of likely N-dealkylation sites (N-methyl/N-ethyl adjacent to an activating group) is 1. The Hall–Kier alpha value is -2.24. The van der Waals surface area contributed by atoms with Crippen LogP contribution in [0, 0.1) is 0 Å². The molecule has 18 heavy (non-hydrogen) atoms. The van der Waals surface area contributed by atoms with Crippen molar-refractivity contribution in [2.24, 2.45) is 0 Å². The fourth-order valence-corrected chi connectivity index (χ4v) is 1.29. The van der Waals surface area contributed by atoms with Crippen molar-refractivity contribution in [2.75, 3.05) is 31.7 Å². The van der Waals surface area contributed by atoms with Crippen LogP contribution in [0.25, 0.3) is 0 Å². The molecule has 1 aromatic carbocycles. The number of carbonyl (C=O) groups is 2. The van der Waals surface area contributed by atoms with E-state index in [0.29, 0.717) is 17.9 Å². The van der Waals surface area contributed by atoms with Gasteiger partial charge in [0, 0.05) is 25.0 Å². The van der Waals surface area contributed by atoms with Gasteiger partial charge in [0.05, 0.1) is 5.56 Å². The first-order valence-electron chi connectivity index (χ1n) is 5.51. The van der Waals surface area contributed by atoms with E-state index in [1.807, 2.05) is 6.92 Å². The molecule has 0 aromatic heterocycles. The van der Waals surface area contributed by atoms with E-state index in [0.717, 1.165) is 0 Å². The molecule has 4 N–H and O–H groups in total. The molecule has 0 unspecified atom stereocenters. The van der Waals surface area contributed by atoms with Crippen molar-refractivity contribution in [1.29, 1.82) is 0 Å². The van der Waals surface area contributed by atoms with Crippen LogP contribution in [-0.4, -0.2) is 37.0 Å². The number of nitrogens with two attached hydrogens (primary N) is 2. The highest BCUT2D eigenvalue weighted by molar-refractivity contribution is 5.93. The lowest BCUT2D eigenvalue weighted by atomic mass is 10.2. The fourth-order valence-electron chi connectivity index (χ4n) is 1.29. The summed E-state index contributed by atoms with van der Waals surface area (Å²) in [6, 6.07) is 4.44. The number of benzene rings is 1. The normalized spacial score (nSPS) is 9.89. The van der Waals surface area contributed by atoms with Gasteiger partial charge in [-0.25, -0.2) is 4.79 Å². The van der Waals surface area contributed by atoms with E-state index in [1.54, 1.807) is 7.05 Å². The van der Waals surface area contributed by atoms with Gasteiger partial charge >= 0.3 is 5.97 Å². The van der Waals surface area contributed by atoms with Gasteiger partial charge in [0.1, 0.15) is 0 Å². The third-order valence-electron chi connectivity index (χ3n) is 2.44. The molecule has 0 spiro atoms. The third-order valence-corrected chi connectivity index (χ3v) is 2.44. The quantitative estimate of drug-likeness (QED) is 0.599. The summed E-state index contributed by atoms with van der Waals surface area (Å²) in [4.78, 5) is 24.6. The summed E-state index contributed by atoms with van der Waals surface area (Å²) in [6.45, 7) is 2.10. The molecular weight excluding hydrogens is 234 g/mol. The zero-order valence-electron chi connectivity index (χ0n) is 10.5. The van der Waals surface area contributed by atoms with Crippen molar-refractivity contribution >= 4 is 23.3 Å². The molecule has 1 rings (SSSR count). The number of anilines is 2. The van der Waals surface area contributed by atoms with Crippen molar-refractivity contribution < 1.29 is 14.3 Å². The molecule has 0 saturated heterocycles. The molecule has 0 aliphatic heterocycles. The van der Waals surface area contributed by atoms with E-state index < -0.39 is 5.97 Å². The molecular formula is C12H17N3O3. The Balaban J connectivity index is 2.63. The van der Waals surface area contributed by atoms with Crippen molar-refractivity contribution in [2.45, 2.75) is 6.92 Å². The Morgan fingerprint density at radius 3 is 2.28 bits per heavy atom. The summed E-state index contributed by atoms with van der Waals surface area (Å²) in [5.74, 6) is -0.880. The maximum atomic E-state index is 11.7. The van der Waals surface area contributed by atoms with Gasteiger partial charge < -0.3 is 21.1 Å². The molecule has 0 aliphatic carbocycles. The van der Waals surface area contributed by atoms with Gasteiger partial charge in [-0.15, -0.1) is 0 Å². The van der Waals surface area contributed by atoms with E-state index in [-0.39, 0.29) is 18.1 Å². The first kappa shape index (κ1) is 13.8. The zero-order valence-corrected chi connectivity index (χ0v) is 10.5. The molecule has 1 aromatic rings. The smallest absolute Gasteiger partial charge is 0.338 e. The summed E-state index contributed by atoms with van der Waals surface area (Å²) in [5, 5.41) is 0. The predicted octanol–water partition coefficient (Wildman–Crippen LogP) is 0.486. The second-order valence-corrected chi connectivity index (χ2v) is 3.87. The number of hydrogen-bond acceptors (Lipinski definition) is 5. The number of esters is 1. The van der Waals surface area contributed by atoms with Gasteiger partial charge in [-0.1, -0.05) is 0 Å². The molecule has 6 nitrogen and oxygen atoms in total. The number of hydrogen-bond donors (Lipinski definition) is 2. The summed E-state index contributed by atoms with van der Waals surface area (Å²) < 4.78 is 4.88.